The molecule has 22 nitrogen and oxygen atoms in total. The second kappa shape index (κ2) is 25.6. The highest BCUT2D eigenvalue weighted by molar-refractivity contribution is 7.87. The first-order chi connectivity index (χ1) is 36.2. The van der Waals surface area contributed by atoms with Gasteiger partial charge in [0.2, 0.25) is 0 Å². The van der Waals surface area contributed by atoms with Crippen LogP contribution in [-0.2, 0) is 84.5 Å². The van der Waals surface area contributed by atoms with Crippen molar-refractivity contribution in [2.24, 2.45) is 0 Å². The number of rotatable bonds is 31. The van der Waals surface area contributed by atoms with Gasteiger partial charge in [-0.05, 0) is 104 Å². The zero-order valence-corrected chi connectivity index (χ0v) is 46.8. The van der Waals surface area contributed by atoms with Gasteiger partial charge in [-0.3, -0.25) is 23.0 Å². The molecule has 2 heterocycles. The Morgan fingerprint density at radius 2 is 1.08 bits per heavy atom. The Labute approximate surface area is 449 Å². The normalized spacial score (nSPS) is 19.6. The Morgan fingerprint density at radius 3 is 1.56 bits per heavy atom. The minimum absolute atomic E-state index is 0.00363. The molecule has 0 aliphatic carbocycles. The summed E-state index contributed by atoms with van der Waals surface area (Å²) in [4.78, 5) is 12.5. The van der Waals surface area contributed by atoms with E-state index in [1.165, 1.54) is 18.2 Å². The van der Waals surface area contributed by atoms with Gasteiger partial charge in [0, 0.05) is 85.6 Å². The first-order valence-electron chi connectivity index (χ1n) is 24.8. The van der Waals surface area contributed by atoms with Crippen molar-refractivity contribution in [3.8, 4) is 0 Å². The van der Waals surface area contributed by atoms with E-state index < -0.39 is 82.9 Å². The molecule has 0 bridgehead atoms. The average Bonchev–Trinajstić information content (AvgIpc) is 3.97. The van der Waals surface area contributed by atoms with Crippen molar-refractivity contribution in [3.63, 3.8) is 0 Å². The summed E-state index contributed by atoms with van der Waals surface area (Å²) in [5, 5.41) is 9.62. The van der Waals surface area contributed by atoms with E-state index in [0.29, 0.717) is 99.1 Å². The zero-order chi connectivity index (χ0) is 56.6. The van der Waals surface area contributed by atoms with Crippen LogP contribution in [0.15, 0.2) is 92.0 Å². The molecule has 3 atom stereocenters. The Bertz CT molecular complexity index is 3310. The zero-order valence-electron chi connectivity index (χ0n) is 43.5. The molecule has 0 amide bonds. The van der Waals surface area contributed by atoms with Gasteiger partial charge in [0.25, 0.3) is 40.5 Å². The van der Waals surface area contributed by atoms with Gasteiger partial charge in [0.1, 0.15) is 9.79 Å². The Balaban J connectivity index is 1.56. The van der Waals surface area contributed by atoms with Gasteiger partial charge in [-0.1, -0.05) is 37.6 Å². The smallest absolute Gasteiger partial charge is 0.303 e. The number of methoxy groups -OCH3 is 2. The van der Waals surface area contributed by atoms with E-state index in [0.717, 1.165) is 6.07 Å². The van der Waals surface area contributed by atoms with Crippen LogP contribution in [0.3, 0.4) is 0 Å². The molecule has 26 heteroatoms. The molecule has 77 heavy (non-hydrogen) atoms. The molecule has 0 saturated heterocycles. The van der Waals surface area contributed by atoms with Crippen molar-refractivity contribution < 1.29 is 90.2 Å². The summed E-state index contributed by atoms with van der Waals surface area (Å²) < 4.78 is 178. The highest BCUT2D eigenvalue weighted by Crippen LogP contribution is 2.55. The van der Waals surface area contributed by atoms with Crippen LogP contribution in [0.25, 0.3) is 21.5 Å². The minimum Gasteiger partial charge on any atom is -0.481 e. The van der Waals surface area contributed by atoms with Gasteiger partial charge in [0.15, 0.2) is 0 Å². The monoisotopic (exact) mass is 1160 g/mol. The minimum atomic E-state index is -5.09. The molecule has 2 aliphatic heterocycles. The van der Waals surface area contributed by atoms with Crippen molar-refractivity contribution in [3.05, 3.63) is 83.6 Å². The fourth-order valence-electron chi connectivity index (χ4n) is 10.5. The Morgan fingerprint density at radius 1 is 0.597 bits per heavy atom. The van der Waals surface area contributed by atoms with Gasteiger partial charge in [-0.2, -0.15) is 33.7 Å². The van der Waals surface area contributed by atoms with Crippen LogP contribution in [0.4, 0.5) is 11.4 Å². The number of ether oxygens (including phenoxy) is 6. The van der Waals surface area contributed by atoms with E-state index >= 15 is 0 Å². The fraction of sp³-hybridized carbons (Fsp3) is 0.510. The highest BCUT2D eigenvalue weighted by Gasteiger charge is 2.48. The van der Waals surface area contributed by atoms with Crippen molar-refractivity contribution in [2.45, 2.75) is 95.7 Å². The maximum absolute atomic E-state index is 13.0. The summed E-state index contributed by atoms with van der Waals surface area (Å²) in [6, 6.07) is 9.37. The summed E-state index contributed by atoms with van der Waals surface area (Å²) in [6.45, 7) is 8.86. The van der Waals surface area contributed by atoms with Gasteiger partial charge >= 0.3 is 5.97 Å². The molecular formula is C51H68N2O20S4. The van der Waals surface area contributed by atoms with Crippen LogP contribution >= 0.6 is 0 Å². The van der Waals surface area contributed by atoms with Crippen LogP contribution in [0.2, 0.25) is 0 Å². The predicted molar refractivity (Wildman–Crippen MR) is 286 cm³/mol. The number of hydrogen-bond acceptors (Lipinski definition) is 17. The number of aliphatic carboxylic acids is 1. The molecule has 6 rings (SSSR count). The number of benzene rings is 4. The quantitative estimate of drug-likeness (QED) is 0.0267. The Hall–Kier alpha value is -4.65. The summed E-state index contributed by atoms with van der Waals surface area (Å²) in [5.74, 6) is -0.957. The molecule has 3 unspecified atom stereocenters. The number of anilines is 2. The first kappa shape index (κ1) is 61.6. The topological polar surface area (TPSA) is 317 Å². The SMILES string of the molecule is CCN1c2ccc3c(S(=O)(=O)O)cc(S(=O)(=O)O)cc3c2C(C)(CCOCCOCCOC)C1C=CC=C1N(CCCCCC(=O)O)c2ccc3c(S(=O)(=O)O)cc(S(=O)(=O)O)cc3c2C1(C)CCOCCOCCOC. The molecule has 0 spiro atoms. The number of hydrogen-bond donors (Lipinski definition) is 5. The van der Waals surface area contributed by atoms with Crippen molar-refractivity contribution in [1.82, 2.24) is 0 Å². The number of carboxylic acids is 1. The summed E-state index contributed by atoms with van der Waals surface area (Å²) in [6.07, 6.45) is 7.30. The van der Waals surface area contributed by atoms with Gasteiger partial charge in [-0.25, -0.2) is 0 Å². The number of allylic oxidation sites excluding steroid dienone is 3. The third kappa shape index (κ3) is 14.2. The van der Waals surface area contributed by atoms with E-state index in [1.807, 2.05) is 48.8 Å². The predicted octanol–water partition coefficient (Wildman–Crippen LogP) is 6.45. The molecule has 0 aromatic heterocycles. The lowest BCUT2D eigenvalue weighted by Gasteiger charge is -2.35. The van der Waals surface area contributed by atoms with E-state index in [-0.39, 0.29) is 80.4 Å². The molecular weight excluding hydrogens is 1090 g/mol. The van der Waals surface area contributed by atoms with E-state index in [2.05, 4.69) is 0 Å². The van der Waals surface area contributed by atoms with E-state index in [4.69, 9.17) is 28.4 Å². The second-order valence-electron chi connectivity index (χ2n) is 19.1. The molecule has 426 valence electrons. The standard InChI is InChI=1S/C51H68N2O20S4/c1-6-52-41-16-14-37-39(31-35(74(56,57)58)33-43(37)76(62,63)64)48(41)50(2,18-21-70-27-29-72-25-23-68-4)45(52)11-10-12-46-51(3,19-22-71-28-30-73-26-24-69-5)49-40-32-36(75(59,60)61)34-44(77(65,66)67)38(40)15-17-42(49)53(46)20-9-7-8-13-47(54)55/h10-12,14-17,31-34,45H,6-9,13,18-30H2,1-5H3,(H,54,55)(H,56,57,58)(H,59,60,61)(H,62,63,64)(H,65,66,67). The molecule has 5 N–H and O–H groups in total. The maximum atomic E-state index is 13.0. The number of fused-ring (bicyclic) bond motifs is 6. The largest absolute Gasteiger partial charge is 0.481 e. The molecule has 4 aromatic carbocycles. The van der Waals surface area contributed by atoms with Crippen molar-refractivity contribution >= 4 is 79.4 Å². The molecule has 0 radical (unpaired) electrons. The third-order valence-electron chi connectivity index (χ3n) is 14.1. The highest BCUT2D eigenvalue weighted by atomic mass is 32.2. The van der Waals surface area contributed by atoms with Gasteiger partial charge in [0.05, 0.1) is 68.7 Å². The van der Waals surface area contributed by atoms with Crippen LogP contribution in [0, 0.1) is 0 Å². The average molecular weight is 1160 g/mol. The van der Waals surface area contributed by atoms with Gasteiger partial charge in [-0.15, -0.1) is 0 Å². The number of likely N-dealkylation sites (N-methyl/N-ethyl adjacent to an activating group) is 1. The maximum Gasteiger partial charge on any atom is 0.303 e. The number of carboxylic acid groups (broad SMARTS) is 1. The van der Waals surface area contributed by atoms with Crippen LogP contribution in [0.1, 0.15) is 70.4 Å². The van der Waals surface area contributed by atoms with Crippen LogP contribution < -0.4 is 9.80 Å². The van der Waals surface area contributed by atoms with Crippen molar-refractivity contribution in [1.29, 1.82) is 0 Å². The molecule has 2 aliphatic rings. The summed E-state index contributed by atoms with van der Waals surface area (Å²) in [5.41, 5.74) is 0.510. The van der Waals surface area contributed by atoms with E-state index in [9.17, 15) is 61.8 Å². The third-order valence-corrected chi connectivity index (χ3v) is 17.5. The Kier molecular flexibility index (Phi) is 20.5. The molecule has 4 aromatic rings. The summed E-state index contributed by atoms with van der Waals surface area (Å²) >= 11 is 0. The van der Waals surface area contributed by atoms with Crippen LogP contribution in [0.5, 0.6) is 0 Å². The lowest BCUT2D eigenvalue weighted by atomic mass is 9.74. The number of carbonyl (C=O) groups is 1. The fourth-order valence-corrected chi connectivity index (χ4v) is 13.2. The summed E-state index contributed by atoms with van der Waals surface area (Å²) in [7, 11) is -17.1. The van der Waals surface area contributed by atoms with Gasteiger partial charge < -0.3 is 43.3 Å². The number of unbranched alkanes of at least 4 members (excludes halogenated alkanes) is 2. The van der Waals surface area contributed by atoms with Crippen LogP contribution in [-0.4, -0.2) is 162 Å². The van der Waals surface area contributed by atoms with E-state index in [1.54, 1.807) is 26.4 Å². The lowest BCUT2D eigenvalue weighted by molar-refractivity contribution is -0.137. The molecule has 0 saturated carbocycles. The molecule has 0 fully saturated rings. The first-order valence-corrected chi connectivity index (χ1v) is 30.6. The number of nitrogens with zero attached hydrogens (tertiary/aromatic N) is 2. The van der Waals surface area contributed by atoms with Crippen molar-refractivity contribution in [2.75, 3.05) is 103 Å². The lowest BCUT2D eigenvalue weighted by Crippen LogP contribution is -2.42. The second-order valence-corrected chi connectivity index (χ2v) is 24.7.